The van der Waals surface area contributed by atoms with Crippen LogP contribution in [0.1, 0.15) is 31.9 Å². The van der Waals surface area contributed by atoms with Gasteiger partial charge in [-0.1, -0.05) is 18.2 Å². The van der Waals surface area contributed by atoms with Crippen LogP contribution in [0.3, 0.4) is 0 Å². The Kier molecular flexibility index (Phi) is 6.33. The van der Waals surface area contributed by atoms with Gasteiger partial charge in [0.05, 0.1) is 0 Å². The van der Waals surface area contributed by atoms with Crippen molar-refractivity contribution in [2.75, 3.05) is 13.2 Å². The second-order valence-electron chi connectivity index (χ2n) is 5.38. The van der Waals surface area contributed by atoms with Crippen molar-refractivity contribution in [1.82, 2.24) is 0 Å². The van der Waals surface area contributed by atoms with E-state index in [0.29, 0.717) is 5.57 Å². The van der Waals surface area contributed by atoms with Crippen molar-refractivity contribution in [1.29, 1.82) is 0 Å². The molecule has 0 radical (unpaired) electrons. The maximum Gasteiger partial charge on any atom is 0.333 e. The molecule has 0 amide bonds. The summed E-state index contributed by atoms with van der Waals surface area (Å²) in [6.45, 7) is 5.35. The van der Waals surface area contributed by atoms with Gasteiger partial charge in [-0.05, 0) is 32.4 Å². The van der Waals surface area contributed by atoms with Gasteiger partial charge < -0.3 is 19.7 Å². The van der Waals surface area contributed by atoms with Crippen molar-refractivity contribution in [2.45, 2.75) is 33.3 Å². The Labute approximate surface area is 135 Å². The molecule has 0 heterocycles. The molecule has 1 aromatic carbocycles. The molecule has 0 unspecified atom stereocenters. The number of ether oxygens (including phenoxy) is 2. The number of esters is 2. The van der Waals surface area contributed by atoms with E-state index in [9.17, 15) is 19.8 Å². The highest BCUT2D eigenvalue weighted by Gasteiger charge is 2.35. The van der Waals surface area contributed by atoms with Crippen LogP contribution in [0.2, 0.25) is 0 Å². The quantitative estimate of drug-likeness (QED) is 0.614. The molecule has 6 heteroatoms. The van der Waals surface area contributed by atoms with Gasteiger partial charge >= 0.3 is 11.9 Å². The molecule has 1 atom stereocenters. The van der Waals surface area contributed by atoms with E-state index in [1.807, 2.05) is 0 Å². The van der Waals surface area contributed by atoms with E-state index < -0.39 is 30.8 Å². The minimum absolute atomic E-state index is 0.121. The van der Waals surface area contributed by atoms with Gasteiger partial charge in [-0.3, -0.25) is 4.79 Å². The van der Waals surface area contributed by atoms with E-state index in [4.69, 9.17) is 9.47 Å². The Morgan fingerprint density at radius 2 is 1.83 bits per heavy atom. The van der Waals surface area contributed by atoms with Crippen LogP contribution in [0.15, 0.2) is 29.8 Å². The molecule has 0 bridgehead atoms. The topological polar surface area (TPSA) is 93.1 Å². The number of phenols is 1. The first-order chi connectivity index (χ1) is 10.7. The van der Waals surface area contributed by atoms with Crippen LogP contribution < -0.4 is 0 Å². The summed E-state index contributed by atoms with van der Waals surface area (Å²) in [6.07, 6.45) is 1.58. The van der Waals surface area contributed by atoms with Crippen LogP contribution >= 0.6 is 0 Å². The lowest BCUT2D eigenvalue weighted by Gasteiger charge is -2.28. The predicted molar refractivity (Wildman–Crippen MR) is 83.8 cm³/mol. The summed E-state index contributed by atoms with van der Waals surface area (Å²) in [5, 5.41) is 20.8. The molecule has 23 heavy (non-hydrogen) atoms. The van der Waals surface area contributed by atoms with Crippen LogP contribution in [0.25, 0.3) is 0 Å². The number of carbonyl (C=O) groups is 2. The van der Waals surface area contributed by atoms with Crippen LogP contribution in [0, 0.1) is 6.92 Å². The van der Waals surface area contributed by atoms with Crippen LogP contribution in [-0.2, 0) is 24.7 Å². The maximum atomic E-state index is 11.8. The van der Waals surface area contributed by atoms with E-state index in [2.05, 4.69) is 0 Å². The number of aliphatic hydroxyl groups is 1. The molecule has 1 rings (SSSR count). The fourth-order valence-electron chi connectivity index (χ4n) is 1.87. The van der Waals surface area contributed by atoms with Crippen molar-refractivity contribution in [2.24, 2.45) is 0 Å². The molecule has 0 saturated carbocycles. The SMILES string of the molecule is C/C=C(/C)C(=O)OC[C@](O)(COC(C)=O)c1ccc(C)cc1O. The number of phenolic OH excluding ortho intramolecular Hbond substituents is 1. The number of carbonyl (C=O) groups excluding carboxylic acids is 2. The number of hydrogen-bond donors (Lipinski definition) is 2. The number of benzene rings is 1. The highest BCUT2D eigenvalue weighted by molar-refractivity contribution is 5.87. The molecule has 0 aliphatic rings. The van der Waals surface area contributed by atoms with Crippen molar-refractivity contribution in [3.63, 3.8) is 0 Å². The Morgan fingerprint density at radius 1 is 1.22 bits per heavy atom. The number of aryl methyl sites for hydroxylation is 1. The Hall–Kier alpha value is -2.34. The fraction of sp³-hybridized carbons (Fsp3) is 0.412. The minimum Gasteiger partial charge on any atom is -0.508 e. The number of rotatable bonds is 6. The number of aromatic hydroxyl groups is 1. The van der Waals surface area contributed by atoms with Gasteiger partial charge in [0.2, 0.25) is 0 Å². The van der Waals surface area contributed by atoms with E-state index in [1.54, 1.807) is 32.9 Å². The van der Waals surface area contributed by atoms with Gasteiger partial charge in [-0.25, -0.2) is 4.79 Å². The minimum atomic E-state index is -1.84. The van der Waals surface area contributed by atoms with Crippen LogP contribution in [0.5, 0.6) is 5.75 Å². The first-order valence-electron chi connectivity index (χ1n) is 7.15. The third-order valence-corrected chi connectivity index (χ3v) is 3.37. The lowest BCUT2D eigenvalue weighted by atomic mass is 9.93. The Balaban J connectivity index is 3.06. The zero-order valence-electron chi connectivity index (χ0n) is 13.8. The fourth-order valence-corrected chi connectivity index (χ4v) is 1.87. The first kappa shape index (κ1) is 18.7. The van der Waals surface area contributed by atoms with E-state index in [-0.39, 0.29) is 11.3 Å². The summed E-state index contributed by atoms with van der Waals surface area (Å²) < 4.78 is 9.93. The van der Waals surface area contributed by atoms with E-state index >= 15 is 0 Å². The standard InChI is InChI=1S/C17H22O6/c1-5-12(3)16(20)23-10-17(21,9-22-13(4)18)14-7-6-11(2)8-15(14)19/h5-8,19,21H,9-10H2,1-4H3/b12-5-/t17-/m1/s1. The molecule has 2 N–H and O–H groups in total. The summed E-state index contributed by atoms with van der Waals surface area (Å²) in [5.41, 5.74) is -0.543. The summed E-state index contributed by atoms with van der Waals surface area (Å²) in [4.78, 5) is 22.8. The lowest BCUT2D eigenvalue weighted by molar-refractivity contribution is -0.161. The first-order valence-corrected chi connectivity index (χ1v) is 7.15. The molecule has 1 aromatic rings. The van der Waals surface area contributed by atoms with Gasteiger partial charge in [0.15, 0.2) is 5.60 Å². The van der Waals surface area contributed by atoms with Crippen LogP contribution in [-0.4, -0.2) is 35.4 Å². The van der Waals surface area contributed by atoms with Crippen molar-refractivity contribution < 1.29 is 29.3 Å². The maximum absolute atomic E-state index is 11.8. The molecule has 0 fully saturated rings. The van der Waals surface area contributed by atoms with Gasteiger partial charge in [0.25, 0.3) is 0 Å². The van der Waals surface area contributed by atoms with Crippen LogP contribution in [0.4, 0.5) is 0 Å². The van der Waals surface area contributed by atoms with Crippen molar-refractivity contribution >= 4 is 11.9 Å². The monoisotopic (exact) mass is 322 g/mol. The van der Waals surface area contributed by atoms with Gasteiger partial charge in [0.1, 0.15) is 19.0 Å². The molecule has 6 nitrogen and oxygen atoms in total. The van der Waals surface area contributed by atoms with E-state index in [0.717, 1.165) is 5.56 Å². The lowest BCUT2D eigenvalue weighted by Crippen LogP contribution is -2.38. The summed E-state index contributed by atoms with van der Waals surface area (Å²) in [7, 11) is 0. The smallest absolute Gasteiger partial charge is 0.333 e. The zero-order chi connectivity index (χ0) is 17.6. The Morgan fingerprint density at radius 3 is 2.35 bits per heavy atom. The molecular formula is C17H22O6. The molecule has 0 aliphatic carbocycles. The highest BCUT2D eigenvalue weighted by atomic mass is 16.6. The molecule has 0 aliphatic heterocycles. The average molecular weight is 322 g/mol. The molecule has 0 saturated heterocycles. The molecule has 0 spiro atoms. The summed E-state index contributed by atoms with van der Waals surface area (Å²) >= 11 is 0. The van der Waals surface area contributed by atoms with E-state index in [1.165, 1.54) is 19.1 Å². The molecular weight excluding hydrogens is 300 g/mol. The zero-order valence-corrected chi connectivity index (χ0v) is 13.8. The Bertz CT molecular complexity index is 620. The predicted octanol–water partition coefficient (Wildman–Crippen LogP) is 1.96. The summed E-state index contributed by atoms with van der Waals surface area (Å²) in [6, 6.07) is 4.66. The van der Waals surface area contributed by atoms with Gasteiger partial charge in [0, 0.05) is 18.1 Å². The second-order valence-corrected chi connectivity index (χ2v) is 5.38. The average Bonchev–Trinajstić information content (AvgIpc) is 2.49. The normalized spacial score (nSPS) is 14.0. The number of allylic oxidation sites excluding steroid dienone is 1. The highest BCUT2D eigenvalue weighted by Crippen LogP contribution is 2.31. The number of hydrogen-bond acceptors (Lipinski definition) is 6. The largest absolute Gasteiger partial charge is 0.508 e. The molecule has 126 valence electrons. The second kappa shape index (κ2) is 7.78. The van der Waals surface area contributed by atoms with Crippen molar-refractivity contribution in [3.05, 3.63) is 41.0 Å². The van der Waals surface area contributed by atoms with Gasteiger partial charge in [-0.15, -0.1) is 0 Å². The van der Waals surface area contributed by atoms with Gasteiger partial charge in [-0.2, -0.15) is 0 Å². The third-order valence-electron chi connectivity index (χ3n) is 3.37. The van der Waals surface area contributed by atoms with Crippen molar-refractivity contribution in [3.8, 4) is 5.75 Å². The summed E-state index contributed by atoms with van der Waals surface area (Å²) in [5.74, 6) is -1.36. The molecule has 0 aromatic heterocycles. The third kappa shape index (κ3) is 5.10.